The van der Waals surface area contributed by atoms with Crippen LogP contribution in [0.5, 0.6) is 0 Å². The molecule has 0 atom stereocenters. The first-order valence-electron chi connectivity index (χ1n) is 10.7. The highest BCUT2D eigenvalue weighted by Gasteiger charge is 2.22. The van der Waals surface area contributed by atoms with E-state index in [1.54, 1.807) is 0 Å². The molecule has 158 valence electrons. The van der Waals surface area contributed by atoms with Crippen LogP contribution >= 0.6 is 0 Å². The number of carbonyl (C=O) groups is 1. The van der Waals surface area contributed by atoms with E-state index >= 15 is 0 Å². The van der Waals surface area contributed by atoms with E-state index in [0.717, 1.165) is 42.9 Å². The number of fused-ring (bicyclic) bond motifs is 1. The minimum absolute atomic E-state index is 0.0603. The summed E-state index contributed by atoms with van der Waals surface area (Å²) in [6.45, 7) is 1.55. The highest BCUT2D eigenvalue weighted by atomic mass is 16.2. The number of nitrogens with zero attached hydrogens (tertiary/aromatic N) is 1. The van der Waals surface area contributed by atoms with Crippen molar-refractivity contribution in [1.82, 2.24) is 0 Å². The molecule has 1 aliphatic heterocycles. The van der Waals surface area contributed by atoms with E-state index in [0.29, 0.717) is 18.4 Å². The van der Waals surface area contributed by atoms with Gasteiger partial charge >= 0.3 is 0 Å². The molecule has 3 aromatic carbocycles. The van der Waals surface area contributed by atoms with E-state index in [1.807, 2.05) is 47.4 Å². The van der Waals surface area contributed by atoms with Gasteiger partial charge < -0.3 is 16.0 Å². The summed E-state index contributed by atoms with van der Waals surface area (Å²) in [6, 6.07) is 24.2. The number of rotatable bonds is 7. The largest absolute Gasteiger partial charge is 0.384 e. The van der Waals surface area contributed by atoms with Crippen LogP contribution in [-0.4, -0.2) is 18.3 Å². The summed E-state index contributed by atoms with van der Waals surface area (Å²) in [7, 11) is 0. The zero-order valence-electron chi connectivity index (χ0n) is 17.6. The fraction of sp³-hybridized carbons (Fsp3) is 0.231. The number of carbonyl (C=O) groups excluding carboxylic acids is 1. The lowest BCUT2D eigenvalue weighted by molar-refractivity contribution is -0.118. The number of hydrogen-bond acceptors (Lipinski definition) is 3. The van der Waals surface area contributed by atoms with Gasteiger partial charge in [0, 0.05) is 36.4 Å². The van der Waals surface area contributed by atoms with Crippen molar-refractivity contribution in [2.75, 3.05) is 16.8 Å². The first kappa shape index (κ1) is 20.7. The van der Waals surface area contributed by atoms with E-state index in [2.05, 4.69) is 35.6 Å². The van der Waals surface area contributed by atoms with Gasteiger partial charge in [0.25, 0.3) is 0 Å². The molecule has 0 fully saturated rings. The average molecular weight is 413 g/mol. The lowest BCUT2D eigenvalue weighted by Gasteiger charge is -2.30. The summed E-state index contributed by atoms with van der Waals surface area (Å²) in [5, 5.41) is 11.0. The smallest absolute Gasteiger partial charge is 0.227 e. The third kappa shape index (κ3) is 5.12. The van der Waals surface area contributed by atoms with Gasteiger partial charge in [0.15, 0.2) is 0 Å². The molecule has 1 amide bonds. The fourth-order valence-corrected chi connectivity index (χ4v) is 4.00. The molecular formula is C26H28N4O. The van der Waals surface area contributed by atoms with E-state index < -0.39 is 0 Å². The third-order valence-electron chi connectivity index (χ3n) is 5.73. The van der Waals surface area contributed by atoms with Crippen molar-refractivity contribution in [3.05, 3.63) is 95.1 Å². The van der Waals surface area contributed by atoms with Crippen LogP contribution in [0.25, 0.3) is 0 Å². The molecule has 31 heavy (non-hydrogen) atoms. The van der Waals surface area contributed by atoms with Gasteiger partial charge in [-0.3, -0.25) is 10.2 Å². The summed E-state index contributed by atoms with van der Waals surface area (Å²) < 4.78 is 0. The number of nitrogens with one attached hydrogen (secondary N) is 2. The third-order valence-corrected chi connectivity index (χ3v) is 5.73. The second-order valence-corrected chi connectivity index (χ2v) is 7.94. The van der Waals surface area contributed by atoms with Crippen LogP contribution in [0.3, 0.4) is 0 Å². The molecular weight excluding hydrogens is 384 g/mol. The summed E-state index contributed by atoms with van der Waals surface area (Å²) >= 11 is 0. The van der Waals surface area contributed by atoms with Gasteiger partial charge in [0.2, 0.25) is 5.91 Å². The molecule has 0 spiro atoms. The fourth-order valence-electron chi connectivity index (χ4n) is 4.00. The van der Waals surface area contributed by atoms with E-state index in [-0.39, 0.29) is 11.7 Å². The minimum atomic E-state index is 0.0603. The van der Waals surface area contributed by atoms with Crippen molar-refractivity contribution in [3.8, 4) is 0 Å². The Balaban J connectivity index is 1.39. The van der Waals surface area contributed by atoms with E-state index in [4.69, 9.17) is 11.1 Å². The first-order chi connectivity index (χ1) is 15.1. The second kappa shape index (κ2) is 9.47. The molecule has 0 radical (unpaired) electrons. The van der Waals surface area contributed by atoms with Gasteiger partial charge in [0.1, 0.15) is 5.84 Å². The number of nitrogens with two attached hydrogens (primary N) is 1. The van der Waals surface area contributed by atoms with Gasteiger partial charge in [-0.15, -0.1) is 0 Å². The molecule has 5 nitrogen and oxygen atoms in total. The van der Waals surface area contributed by atoms with E-state index in [1.165, 1.54) is 11.1 Å². The molecule has 0 aromatic heterocycles. The number of amidine groups is 1. The van der Waals surface area contributed by atoms with Gasteiger partial charge in [-0.1, -0.05) is 54.6 Å². The van der Waals surface area contributed by atoms with Crippen LogP contribution in [-0.2, 0) is 24.2 Å². The van der Waals surface area contributed by atoms with Gasteiger partial charge in [-0.2, -0.15) is 0 Å². The Kier molecular flexibility index (Phi) is 6.32. The summed E-state index contributed by atoms with van der Waals surface area (Å²) in [4.78, 5) is 14.9. The molecule has 0 saturated heterocycles. The van der Waals surface area contributed by atoms with Crippen LogP contribution < -0.4 is 16.0 Å². The predicted octanol–water partition coefficient (Wildman–Crippen LogP) is 4.49. The number of aryl methyl sites for hydroxylation is 2. The van der Waals surface area contributed by atoms with Crippen LogP contribution in [0.1, 0.15) is 35.1 Å². The zero-order valence-corrected chi connectivity index (χ0v) is 17.6. The molecule has 4 rings (SSSR count). The van der Waals surface area contributed by atoms with Crippen LogP contribution in [0.4, 0.5) is 11.4 Å². The maximum absolute atomic E-state index is 13.0. The van der Waals surface area contributed by atoms with Crippen molar-refractivity contribution in [2.24, 2.45) is 5.73 Å². The number of amides is 1. The molecule has 5 heteroatoms. The van der Waals surface area contributed by atoms with Crippen LogP contribution in [0.15, 0.2) is 72.8 Å². The summed E-state index contributed by atoms with van der Waals surface area (Å²) in [5.74, 6) is 0.215. The average Bonchev–Trinajstić information content (AvgIpc) is 2.81. The highest BCUT2D eigenvalue weighted by Crippen LogP contribution is 2.30. The number of hydrogen-bond donors (Lipinski definition) is 3. The standard InChI is InChI=1S/C26H28N4O/c27-26(28)21-11-8-19(9-12-21)10-15-25(31)30-16-4-7-22-17-23(13-14-24(22)30)29-18-20-5-2-1-3-6-20/h1-3,5-6,8-9,11-14,17,29H,4,7,10,15-16,18H2,(H3,27,28). The first-order valence-corrected chi connectivity index (χ1v) is 10.7. The molecule has 4 N–H and O–H groups in total. The Hall–Kier alpha value is -3.60. The maximum Gasteiger partial charge on any atom is 0.227 e. The number of benzene rings is 3. The van der Waals surface area contributed by atoms with Gasteiger partial charge in [-0.05, 0) is 54.2 Å². The summed E-state index contributed by atoms with van der Waals surface area (Å²) in [5.41, 5.74) is 11.9. The van der Waals surface area contributed by atoms with Crippen LogP contribution in [0, 0.1) is 5.41 Å². The molecule has 0 saturated carbocycles. The predicted molar refractivity (Wildman–Crippen MR) is 127 cm³/mol. The molecule has 1 heterocycles. The molecule has 0 bridgehead atoms. The van der Waals surface area contributed by atoms with E-state index in [9.17, 15) is 4.79 Å². The van der Waals surface area contributed by atoms with Crippen molar-refractivity contribution < 1.29 is 4.79 Å². The monoisotopic (exact) mass is 412 g/mol. The SMILES string of the molecule is N=C(N)c1ccc(CCC(=O)N2CCCc3cc(NCc4ccccc4)ccc32)cc1. The Labute approximate surface area is 183 Å². The second-order valence-electron chi connectivity index (χ2n) is 7.94. The normalized spacial score (nSPS) is 12.8. The van der Waals surface area contributed by atoms with Crippen molar-refractivity contribution in [3.63, 3.8) is 0 Å². The van der Waals surface area contributed by atoms with Gasteiger partial charge in [0.05, 0.1) is 0 Å². The minimum Gasteiger partial charge on any atom is -0.384 e. The lowest BCUT2D eigenvalue weighted by Crippen LogP contribution is -2.35. The van der Waals surface area contributed by atoms with Crippen LogP contribution in [0.2, 0.25) is 0 Å². The maximum atomic E-state index is 13.0. The van der Waals surface area contributed by atoms with Crippen molar-refractivity contribution in [2.45, 2.75) is 32.2 Å². The quantitative estimate of drug-likeness (QED) is 0.395. The Morgan fingerprint density at radius 2 is 1.77 bits per heavy atom. The van der Waals surface area contributed by atoms with Gasteiger partial charge in [-0.25, -0.2) is 0 Å². The molecule has 1 aliphatic rings. The highest BCUT2D eigenvalue weighted by molar-refractivity contribution is 5.95. The molecule has 0 aliphatic carbocycles. The van der Waals surface area contributed by atoms with Crippen molar-refractivity contribution >= 4 is 23.1 Å². The Morgan fingerprint density at radius 3 is 2.52 bits per heavy atom. The number of nitrogen functional groups attached to an aromatic ring is 1. The lowest BCUT2D eigenvalue weighted by atomic mass is 9.99. The Bertz CT molecular complexity index is 1060. The number of anilines is 2. The zero-order chi connectivity index (χ0) is 21.6. The Morgan fingerprint density at radius 1 is 1.00 bits per heavy atom. The molecule has 0 unspecified atom stereocenters. The van der Waals surface area contributed by atoms with Crippen molar-refractivity contribution in [1.29, 1.82) is 5.41 Å². The topological polar surface area (TPSA) is 82.2 Å². The summed E-state index contributed by atoms with van der Waals surface area (Å²) in [6.07, 6.45) is 3.12. The molecule has 3 aromatic rings.